The quantitative estimate of drug-likeness (QED) is 0.718. The van der Waals surface area contributed by atoms with E-state index in [1.165, 1.54) is 12.1 Å². The largest absolute Gasteiger partial charge is 0.369 e. The third-order valence-electron chi connectivity index (χ3n) is 3.05. The fraction of sp³-hybridized carbons (Fsp3) is 0.375. The van der Waals surface area contributed by atoms with Gasteiger partial charge < -0.3 is 5.32 Å². The van der Waals surface area contributed by atoms with Gasteiger partial charge in [-0.2, -0.15) is 0 Å². The normalized spacial score (nSPS) is 10.7. The van der Waals surface area contributed by atoms with E-state index in [1.807, 2.05) is 0 Å². The van der Waals surface area contributed by atoms with Gasteiger partial charge in [0.15, 0.2) is 5.82 Å². The summed E-state index contributed by atoms with van der Waals surface area (Å²) in [5.74, 6) is 1.27. The SMILES string of the molecule is CCCNc1nc(-c2ccc(F)cc2)nc(CCC)c1I. The molecule has 0 amide bonds. The average molecular weight is 399 g/mol. The predicted molar refractivity (Wildman–Crippen MR) is 92.9 cm³/mol. The van der Waals surface area contributed by atoms with Gasteiger partial charge in [-0.25, -0.2) is 14.4 Å². The number of nitrogens with one attached hydrogen (secondary N) is 1. The van der Waals surface area contributed by atoms with Crippen molar-refractivity contribution in [2.24, 2.45) is 0 Å². The molecule has 0 atom stereocenters. The molecule has 0 aliphatic carbocycles. The summed E-state index contributed by atoms with van der Waals surface area (Å²) in [6, 6.07) is 6.32. The average Bonchev–Trinajstić information content (AvgIpc) is 2.49. The lowest BCUT2D eigenvalue weighted by Gasteiger charge is -2.12. The molecule has 0 saturated heterocycles. The zero-order valence-electron chi connectivity index (χ0n) is 12.3. The molecule has 1 heterocycles. The minimum Gasteiger partial charge on any atom is -0.369 e. The minimum absolute atomic E-state index is 0.248. The van der Waals surface area contributed by atoms with E-state index in [2.05, 4.69) is 51.7 Å². The van der Waals surface area contributed by atoms with Crippen LogP contribution in [0.3, 0.4) is 0 Å². The van der Waals surface area contributed by atoms with E-state index >= 15 is 0 Å². The molecule has 21 heavy (non-hydrogen) atoms. The van der Waals surface area contributed by atoms with Crippen molar-refractivity contribution in [3.63, 3.8) is 0 Å². The van der Waals surface area contributed by atoms with Crippen LogP contribution in [-0.4, -0.2) is 16.5 Å². The van der Waals surface area contributed by atoms with Crippen LogP contribution in [0.1, 0.15) is 32.4 Å². The molecule has 2 rings (SSSR count). The van der Waals surface area contributed by atoms with Crippen LogP contribution in [-0.2, 0) is 6.42 Å². The molecule has 0 radical (unpaired) electrons. The fourth-order valence-corrected chi connectivity index (χ4v) is 2.69. The van der Waals surface area contributed by atoms with Crippen molar-refractivity contribution in [3.05, 3.63) is 39.3 Å². The second-order valence-electron chi connectivity index (χ2n) is 4.84. The van der Waals surface area contributed by atoms with Crippen molar-refractivity contribution in [1.29, 1.82) is 0 Å². The maximum absolute atomic E-state index is 13.1. The number of rotatable bonds is 6. The summed E-state index contributed by atoms with van der Waals surface area (Å²) in [7, 11) is 0. The van der Waals surface area contributed by atoms with Crippen LogP contribution in [0.4, 0.5) is 10.2 Å². The first-order chi connectivity index (χ1) is 10.2. The Kier molecular flexibility index (Phi) is 5.90. The first kappa shape index (κ1) is 16.1. The highest BCUT2D eigenvalue weighted by atomic mass is 127. The number of aryl methyl sites for hydroxylation is 1. The summed E-state index contributed by atoms with van der Waals surface area (Å²) in [5, 5.41) is 3.35. The first-order valence-corrected chi connectivity index (χ1v) is 8.29. The van der Waals surface area contributed by atoms with Crippen LogP contribution in [0.15, 0.2) is 24.3 Å². The van der Waals surface area contributed by atoms with Gasteiger partial charge in [-0.15, -0.1) is 0 Å². The Labute approximate surface area is 138 Å². The van der Waals surface area contributed by atoms with Crippen LogP contribution in [0.2, 0.25) is 0 Å². The highest BCUT2D eigenvalue weighted by molar-refractivity contribution is 14.1. The van der Waals surface area contributed by atoms with Gasteiger partial charge in [0.1, 0.15) is 11.6 Å². The lowest BCUT2D eigenvalue weighted by atomic mass is 10.2. The van der Waals surface area contributed by atoms with Crippen molar-refractivity contribution in [2.45, 2.75) is 33.1 Å². The van der Waals surface area contributed by atoms with E-state index in [1.54, 1.807) is 12.1 Å². The summed E-state index contributed by atoms with van der Waals surface area (Å²) < 4.78 is 14.1. The zero-order chi connectivity index (χ0) is 15.2. The molecule has 0 saturated carbocycles. The zero-order valence-corrected chi connectivity index (χ0v) is 14.4. The molecule has 0 fully saturated rings. The molecule has 0 spiro atoms. The van der Waals surface area contributed by atoms with Gasteiger partial charge in [-0.05, 0) is 59.7 Å². The molecule has 2 aromatic rings. The molecule has 0 unspecified atom stereocenters. The Bertz CT molecular complexity index is 599. The van der Waals surface area contributed by atoms with E-state index in [0.29, 0.717) is 5.82 Å². The minimum atomic E-state index is -0.248. The van der Waals surface area contributed by atoms with E-state index in [-0.39, 0.29) is 5.82 Å². The molecule has 1 aromatic carbocycles. The molecule has 1 N–H and O–H groups in total. The number of hydrogen-bond acceptors (Lipinski definition) is 3. The van der Waals surface area contributed by atoms with Gasteiger partial charge in [0.25, 0.3) is 0 Å². The van der Waals surface area contributed by atoms with Crippen molar-refractivity contribution in [3.8, 4) is 11.4 Å². The highest BCUT2D eigenvalue weighted by Gasteiger charge is 2.12. The van der Waals surface area contributed by atoms with E-state index in [0.717, 1.165) is 46.5 Å². The molecule has 3 nitrogen and oxygen atoms in total. The second-order valence-corrected chi connectivity index (χ2v) is 5.92. The van der Waals surface area contributed by atoms with Gasteiger partial charge in [0.05, 0.1) is 9.26 Å². The molecule has 112 valence electrons. The van der Waals surface area contributed by atoms with Gasteiger partial charge in [0, 0.05) is 12.1 Å². The topological polar surface area (TPSA) is 37.8 Å². The lowest BCUT2D eigenvalue weighted by Crippen LogP contribution is -2.09. The molecule has 1 aromatic heterocycles. The second kappa shape index (κ2) is 7.68. The van der Waals surface area contributed by atoms with Crippen LogP contribution < -0.4 is 5.32 Å². The summed E-state index contributed by atoms with van der Waals surface area (Å²) in [4.78, 5) is 9.25. The monoisotopic (exact) mass is 399 g/mol. The van der Waals surface area contributed by atoms with Crippen molar-refractivity contribution in [1.82, 2.24) is 9.97 Å². The number of aromatic nitrogens is 2. The smallest absolute Gasteiger partial charge is 0.161 e. The van der Waals surface area contributed by atoms with Gasteiger partial charge in [-0.1, -0.05) is 20.3 Å². The fourth-order valence-electron chi connectivity index (χ4n) is 1.98. The Morgan fingerprint density at radius 1 is 1.10 bits per heavy atom. The molecule has 5 heteroatoms. The van der Waals surface area contributed by atoms with E-state index in [9.17, 15) is 4.39 Å². The summed E-state index contributed by atoms with van der Waals surface area (Å²) >= 11 is 2.30. The third-order valence-corrected chi connectivity index (χ3v) is 4.19. The Morgan fingerprint density at radius 3 is 2.43 bits per heavy atom. The number of hydrogen-bond donors (Lipinski definition) is 1. The summed E-state index contributed by atoms with van der Waals surface area (Å²) in [6.07, 6.45) is 2.98. The molecular weight excluding hydrogens is 380 g/mol. The summed E-state index contributed by atoms with van der Waals surface area (Å²) in [6.45, 7) is 5.13. The highest BCUT2D eigenvalue weighted by Crippen LogP contribution is 2.25. The van der Waals surface area contributed by atoms with Crippen LogP contribution in [0.5, 0.6) is 0 Å². The predicted octanol–water partition coefficient (Wildman–Crippen LogP) is 4.66. The Hall–Kier alpha value is -1.24. The first-order valence-electron chi connectivity index (χ1n) is 7.22. The molecule has 0 bridgehead atoms. The van der Waals surface area contributed by atoms with Crippen LogP contribution >= 0.6 is 22.6 Å². The van der Waals surface area contributed by atoms with Crippen molar-refractivity contribution in [2.75, 3.05) is 11.9 Å². The molecule has 0 aliphatic rings. The van der Waals surface area contributed by atoms with Crippen molar-refractivity contribution < 1.29 is 4.39 Å². The van der Waals surface area contributed by atoms with E-state index in [4.69, 9.17) is 0 Å². The molecular formula is C16H19FIN3. The molecule has 0 aliphatic heterocycles. The van der Waals surface area contributed by atoms with Gasteiger partial charge >= 0.3 is 0 Å². The van der Waals surface area contributed by atoms with Crippen LogP contribution in [0, 0.1) is 9.39 Å². The maximum atomic E-state index is 13.1. The maximum Gasteiger partial charge on any atom is 0.161 e. The Balaban J connectivity index is 2.44. The van der Waals surface area contributed by atoms with Gasteiger partial charge in [0.2, 0.25) is 0 Å². The number of benzene rings is 1. The number of anilines is 1. The van der Waals surface area contributed by atoms with Crippen molar-refractivity contribution >= 4 is 28.4 Å². The number of nitrogens with zero attached hydrogens (tertiary/aromatic N) is 2. The number of halogens is 2. The van der Waals surface area contributed by atoms with Gasteiger partial charge in [-0.3, -0.25) is 0 Å². The standard InChI is InChI=1S/C16H19FIN3/c1-3-5-13-14(18)16(19-10-4-2)21-15(20-13)11-6-8-12(17)9-7-11/h6-9H,3-5,10H2,1-2H3,(H,19,20,21). The lowest BCUT2D eigenvalue weighted by molar-refractivity contribution is 0.628. The summed E-state index contributed by atoms with van der Waals surface area (Å²) in [5.41, 5.74) is 1.88. The van der Waals surface area contributed by atoms with E-state index < -0.39 is 0 Å². The Morgan fingerprint density at radius 2 is 1.81 bits per heavy atom. The van der Waals surface area contributed by atoms with Crippen LogP contribution in [0.25, 0.3) is 11.4 Å². The third kappa shape index (κ3) is 4.12.